The summed E-state index contributed by atoms with van der Waals surface area (Å²) < 4.78 is 5.55. The monoisotopic (exact) mass is 315 g/mol. The molecule has 1 aliphatic rings. The molecule has 1 aliphatic heterocycles. The van der Waals surface area contributed by atoms with Gasteiger partial charge in [-0.05, 0) is 19.2 Å². The van der Waals surface area contributed by atoms with Crippen LogP contribution in [0, 0.1) is 0 Å². The molecule has 1 aromatic carbocycles. The number of aromatic nitrogens is 2. The standard InChI is InChI=1S/C16H21N5O2/c1-20(6-5-17)9-12-8-18-19-16(12)11-3-4-13-14(7-11)23-10-15(22)21(13)2/h3-4,7-8H,5-6,9-10,17H2,1-2H3,(H,18,19). The number of nitrogens with one attached hydrogen (secondary N) is 1. The van der Waals surface area contributed by atoms with Crippen molar-refractivity contribution in [1.82, 2.24) is 15.1 Å². The number of carbonyl (C=O) groups is 1. The average molecular weight is 315 g/mol. The van der Waals surface area contributed by atoms with Gasteiger partial charge in [0.05, 0.1) is 11.4 Å². The first kappa shape index (κ1) is 15.5. The Kier molecular flexibility index (Phi) is 4.31. The first-order chi connectivity index (χ1) is 11.1. The summed E-state index contributed by atoms with van der Waals surface area (Å²) in [5.74, 6) is 0.656. The number of nitrogens with two attached hydrogens (primary N) is 1. The fourth-order valence-electron chi connectivity index (χ4n) is 2.70. The number of nitrogens with zero attached hydrogens (tertiary/aromatic N) is 3. The van der Waals surface area contributed by atoms with Crippen LogP contribution in [-0.4, -0.2) is 54.8 Å². The number of H-pyrrole nitrogens is 1. The van der Waals surface area contributed by atoms with E-state index in [2.05, 4.69) is 15.1 Å². The highest BCUT2D eigenvalue weighted by molar-refractivity contribution is 5.97. The van der Waals surface area contributed by atoms with Crippen LogP contribution in [0.2, 0.25) is 0 Å². The highest BCUT2D eigenvalue weighted by Gasteiger charge is 2.23. The molecule has 0 bridgehead atoms. The highest BCUT2D eigenvalue weighted by atomic mass is 16.5. The number of amides is 1. The van der Waals surface area contributed by atoms with Crippen molar-refractivity contribution >= 4 is 11.6 Å². The molecule has 0 saturated carbocycles. The Labute approximate surface area is 135 Å². The molecule has 122 valence electrons. The number of fused-ring (bicyclic) bond motifs is 1. The largest absolute Gasteiger partial charge is 0.482 e. The van der Waals surface area contributed by atoms with Crippen LogP contribution in [0.15, 0.2) is 24.4 Å². The number of rotatable bonds is 5. The summed E-state index contributed by atoms with van der Waals surface area (Å²) in [5.41, 5.74) is 9.32. The predicted molar refractivity (Wildman–Crippen MR) is 88.3 cm³/mol. The Bertz CT molecular complexity index is 712. The Morgan fingerprint density at radius 2 is 2.30 bits per heavy atom. The summed E-state index contributed by atoms with van der Waals surface area (Å²) in [6, 6.07) is 5.78. The van der Waals surface area contributed by atoms with Crippen molar-refractivity contribution in [1.29, 1.82) is 0 Å². The van der Waals surface area contributed by atoms with E-state index in [-0.39, 0.29) is 12.5 Å². The van der Waals surface area contributed by atoms with Gasteiger partial charge in [0.25, 0.3) is 5.91 Å². The molecule has 0 radical (unpaired) electrons. The molecule has 0 aliphatic carbocycles. The van der Waals surface area contributed by atoms with Crippen molar-refractivity contribution in [2.24, 2.45) is 5.73 Å². The Hall–Kier alpha value is -2.38. The molecule has 0 saturated heterocycles. The number of hydrogen-bond acceptors (Lipinski definition) is 5. The Morgan fingerprint density at radius 1 is 1.48 bits per heavy atom. The van der Waals surface area contributed by atoms with Gasteiger partial charge in [0.15, 0.2) is 6.61 Å². The van der Waals surface area contributed by atoms with Crippen molar-refractivity contribution in [3.63, 3.8) is 0 Å². The fraction of sp³-hybridized carbons (Fsp3) is 0.375. The smallest absolute Gasteiger partial charge is 0.264 e. The van der Waals surface area contributed by atoms with Gasteiger partial charge >= 0.3 is 0 Å². The molecule has 7 heteroatoms. The summed E-state index contributed by atoms with van der Waals surface area (Å²) in [5, 5.41) is 7.29. The number of likely N-dealkylation sites (N-methyl/N-ethyl adjacent to an activating group) is 2. The van der Waals surface area contributed by atoms with Crippen molar-refractivity contribution in [2.45, 2.75) is 6.54 Å². The average Bonchev–Trinajstić information content (AvgIpc) is 2.99. The lowest BCUT2D eigenvalue weighted by molar-refractivity contribution is -0.120. The third kappa shape index (κ3) is 3.06. The second-order valence-electron chi connectivity index (χ2n) is 5.71. The van der Waals surface area contributed by atoms with Crippen molar-refractivity contribution < 1.29 is 9.53 Å². The van der Waals surface area contributed by atoms with Crippen LogP contribution in [0.5, 0.6) is 5.75 Å². The maximum absolute atomic E-state index is 11.7. The molecular formula is C16H21N5O2. The Morgan fingerprint density at radius 3 is 3.09 bits per heavy atom. The van der Waals surface area contributed by atoms with Gasteiger partial charge < -0.3 is 20.3 Å². The first-order valence-electron chi connectivity index (χ1n) is 7.55. The molecule has 2 heterocycles. The van der Waals surface area contributed by atoms with Crippen LogP contribution in [0.4, 0.5) is 5.69 Å². The third-order valence-electron chi connectivity index (χ3n) is 3.99. The van der Waals surface area contributed by atoms with E-state index in [0.29, 0.717) is 12.3 Å². The van der Waals surface area contributed by atoms with Crippen LogP contribution < -0.4 is 15.4 Å². The van der Waals surface area contributed by atoms with Crippen LogP contribution in [0.1, 0.15) is 5.56 Å². The van der Waals surface area contributed by atoms with E-state index in [9.17, 15) is 4.79 Å². The minimum atomic E-state index is -0.0471. The van der Waals surface area contributed by atoms with Gasteiger partial charge in [-0.15, -0.1) is 0 Å². The molecule has 0 unspecified atom stereocenters. The number of aromatic amines is 1. The highest BCUT2D eigenvalue weighted by Crippen LogP contribution is 2.35. The number of benzene rings is 1. The molecule has 0 spiro atoms. The summed E-state index contributed by atoms with van der Waals surface area (Å²) >= 11 is 0. The van der Waals surface area contributed by atoms with Gasteiger partial charge in [-0.25, -0.2) is 0 Å². The zero-order valence-corrected chi connectivity index (χ0v) is 13.4. The third-order valence-corrected chi connectivity index (χ3v) is 3.99. The zero-order valence-electron chi connectivity index (χ0n) is 13.4. The number of carbonyl (C=O) groups excluding carboxylic acids is 1. The normalized spacial score (nSPS) is 14.1. The zero-order chi connectivity index (χ0) is 16.4. The van der Waals surface area contributed by atoms with Crippen LogP contribution in [0.3, 0.4) is 0 Å². The predicted octanol–water partition coefficient (Wildman–Crippen LogP) is 0.822. The molecule has 23 heavy (non-hydrogen) atoms. The van der Waals surface area contributed by atoms with Gasteiger partial charge in [0, 0.05) is 44.0 Å². The molecule has 3 rings (SSSR count). The number of anilines is 1. The van der Waals surface area contributed by atoms with Gasteiger partial charge in [-0.3, -0.25) is 9.89 Å². The Balaban J connectivity index is 1.89. The van der Waals surface area contributed by atoms with E-state index in [0.717, 1.165) is 35.6 Å². The summed E-state index contributed by atoms with van der Waals surface area (Å²) in [6.45, 7) is 2.28. The number of ether oxygens (including phenoxy) is 1. The molecule has 0 fully saturated rings. The van der Waals surface area contributed by atoms with Crippen LogP contribution in [-0.2, 0) is 11.3 Å². The second kappa shape index (κ2) is 6.39. The van der Waals surface area contributed by atoms with Crippen molar-refractivity contribution in [3.05, 3.63) is 30.0 Å². The molecule has 0 atom stereocenters. The minimum Gasteiger partial charge on any atom is -0.482 e. The lowest BCUT2D eigenvalue weighted by atomic mass is 10.1. The summed E-state index contributed by atoms with van der Waals surface area (Å²) in [7, 11) is 3.78. The van der Waals surface area contributed by atoms with Crippen molar-refractivity contribution in [3.8, 4) is 17.0 Å². The van der Waals surface area contributed by atoms with Crippen molar-refractivity contribution in [2.75, 3.05) is 38.7 Å². The lowest BCUT2D eigenvalue weighted by Gasteiger charge is -2.26. The lowest BCUT2D eigenvalue weighted by Crippen LogP contribution is -2.35. The number of hydrogen-bond donors (Lipinski definition) is 2. The molecule has 3 N–H and O–H groups in total. The minimum absolute atomic E-state index is 0.0471. The van der Waals surface area contributed by atoms with Gasteiger partial charge in [-0.2, -0.15) is 5.10 Å². The van der Waals surface area contributed by atoms with E-state index in [1.165, 1.54) is 0 Å². The van der Waals surface area contributed by atoms with E-state index in [1.807, 2.05) is 31.4 Å². The van der Waals surface area contributed by atoms with E-state index in [4.69, 9.17) is 10.5 Å². The van der Waals surface area contributed by atoms with Crippen LogP contribution >= 0.6 is 0 Å². The molecule has 2 aromatic rings. The van der Waals surface area contributed by atoms with Gasteiger partial charge in [0.1, 0.15) is 5.75 Å². The molecule has 1 amide bonds. The fourth-order valence-corrected chi connectivity index (χ4v) is 2.70. The summed E-state index contributed by atoms with van der Waals surface area (Å²) in [6.07, 6.45) is 1.90. The second-order valence-corrected chi connectivity index (χ2v) is 5.71. The summed E-state index contributed by atoms with van der Waals surface area (Å²) in [4.78, 5) is 15.4. The van der Waals surface area contributed by atoms with E-state index < -0.39 is 0 Å². The molecular weight excluding hydrogens is 294 g/mol. The first-order valence-corrected chi connectivity index (χ1v) is 7.55. The quantitative estimate of drug-likeness (QED) is 0.853. The topological polar surface area (TPSA) is 87.5 Å². The van der Waals surface area contributed by atoms with Gasteiger partial charge in [0.2, 0.25) is 0 Å². The molecule has 7 nitrogen and oxygen atoms in total. The molecule has 1 aromatic heterocycles. The maximum Gasteiger partial charge on any atom is 0.264 e. The van der Waals surface area contributed by atoms with Gasteiger partial charge in [-0.1, -0.05) is 6.07 Å². The maximum atomic E-state index is 11.7. The van der Waals surface area contributed by atoms with E-state index >= 15 is 0 Å². The van der Waals surface area contributed by atoms with E-state index in [1.54, 1.807) is 11.9 Å². The SMILES string of the molecule is CN(CCN)Cc1c[nH]nc1-c1ccc2c(c1)OCC(=O)N2C. The van der Waals surface area contributed by atoms with Crippen LogP contribution in [0.25, 0.3) is 11.3 Å².